The van der Waals surface area contributed by atoms with Crippen LogP contribution in [-0.4, -0.2) is 36.9 Å². The Morgan fingerprint density at radius 2 is 2.16 bits per heavy atom. The molecule has 19 heavy (non-hydrogen) atoms. The summed E-state index contributed by atoms with van der Waals surface area (Å²) in [6, 6.07) is 4.42. The van der Waals surface area contributed by atoms with E-state index < -0.39 is 28.0 Å². The molecule has 0 saturated heterocycles. The van der Waals surface area contributed by atoms with E-state index in [0.29, 0.717) is 11.4 Å². The van der Waals surface area contributed by atoms with E-state index in [1.807, 2.05) is 0 Å². The van der Waals surface area contributed by atoms with Crippen molar-refractivity contribution in [1.82, 2.24) is 0 Å². The van der Waals surface area contributed by atoms with Gasteiger partial charge in [-0.1, -0.05) is 0 Å². The summed E-state index contributed by atoms with van der Waals surface area (Å²) < 4.78 is 23.8. The molecule has 6 nitrogen and oxygen atoms in total. The van der Waals surface area contributed by atoms with Crippen LogP contribution in [0, 0.1) is 0 Å². The number of anilines is 1. The highest BCUT2D eigenvalue weighted by Gasteiger charge is 2.21. The molecule has 1 aliphatic heterocycles. The molecule has 1 amide bonds. The molecule has 0 radical (unpaired) electrons. The Kier molecular flexibility index (Phi) is 3.81. The Balaban J connectivity index is 2.28. The fourth-order valence-corrected chi connectivity index (χ4v) is 3.64. The molecular formula is C11H11NO5S2. The molecule has 1 aromatic carbocycles. The van der Waals surface area contributed by atoms with Crippen LogP contribution >= 0.6 is 11.8 Å². The smallest absolute Gasteiger partial charge is 0.304 e. The lowest BCUT2D eigenvalue weighted by Gasteiger charge is -2.17. The number of thioether (sulfide) groups is 1. The molecule has 1 heterocycles. The van der Waals surface area contributed by atoms with E-state index in [9.17, 15) is 18.0 Å². The van der Waals surface area contributed by atoms with E-state index in [-0.39, 0.29) is 10.8 Å². The van der Waals surface area contributed by atoms with Crippen molar-refractivity contribution in [2.45, 2.75) is 16.2 Å². The first-order valence-corrected chi connectivity index (χ1v) is 8.03. The second kappa shape index (κ2) is 5.22. The summed E-state index contributed by atoms with van der Waals surface area (Å²) in [7, 11) is -3.65. The van der Waals surface area contributed by atoms with Crippen LogP contribution in [0.3, 0.4) is 0 Å². The van der Waals surface area contributed by atoms with Crippen molar-refractivity contribution < 1.29 is 23.1 Å². The Bertz CT molecular complexity index is 638. The quantitative estimate of drug-likeness (QED) is 0.859. The zero-order valence-electron chi connectivity index (χ0n) is 9.75. The Hall–Kier alpha value is -1.54. The van der Waals surface area contributed by atoms with Gasteiger partial charge < -0.3 is 10.4 Å². The molecule has 0 aliphatic carbocycles. The number of carbonyl (C=O) groups excluding carboxylic acids is 1. The van der Waals surface area contributed by atoms with Crippen molar-refractivity contribution in [2.24, 2.45) is 0 Å². The van der Waals surface area contributed by atoms with Crippen LogP contribution in [0.25, 0.3) is 0 Å². The molecule has 2 rings (SSSR count). The second-order valence-corrected chi connectivity index (χ2v) is 7.08. The Morgan fingerprint density at radius 1 is 1.42 bits per heavy atom. The summed E-state index contributed by atoms with van der Waals surface area (Å²) in [4.78, 5) is 22.5. The largest absolute Gasteiger partial charge is 0.481 e. The average molecular weight is 301 g/mol. The van der Waals surface area contributed by atoms with Crippen molar-refractivity contribution in [3.05, 3.63) is 18.2 Å². The van der Waals surface area contributed by atoms with Crippen molar-refractivity contribution in [1.29, 1.82) is 0 Å². The van der Waals surface area contributed by atoms with Gasteiger partial charge >= 0.3 is 5.97 Å². The molecule has 0 unspecified atom stereocenters. The molecule has 2 N–H and O–H groups in total. The van der Waals surface area contributed by atoms with E-state index in [2.05, 4.69) is 5.32 Å². The first-order valence-electron chi connectivity index (χ1n) is 5.40. The van der Waals surface area contributed by atoms with Gasteiger partial charge in [-0.3, -0.25) is 9.59 Å². The molecular weight excluding hydrogens is 290 g/mol. The maximum absolute atomic E-state index is 11.9. The Morgan fingerprint density at radius 3 is 2.84 bits per heavy atom. The third kappa shape index (κ3) is 3.27. The number of carboxylic acid groups (broad SMARTS) is 1. The molecule has 0 saturated carbocycles. The zero-order chi connectivity index (χ0) is 14.0. The van der Waals surface area contributed by atoms with Crippen molar-refractivity contribution in [2.75, 3.05) is 16.8 Å². The number of rotatable bonds is 4. The topological polar surface area (TPSA) is 101 Å². The van der Waals surface area contributed by atoms with Gasteiger partial charge in [0.15, 0.2) is 9.84 Å². The molecule has 102 valence electrons. The summed E-state index contributed by atoms with van der Waals surface area (Å²) in [5.74, 6) is -1.50. The van der Waals surface area contributed by atoms with Crippen LogP contribution < -0.4 is 5.32 Å². The predicted octanol–water partition coefficient (Wildman–Crippen LogP) is 0.979. The van der Waals surface area contributed by atoms with Gasteiger partial charge in [0.05, 0.1) is 28.5 Å². The average Bonchev–Trinajstić information content (AvgIpc) is 2.35. The number of amides is 1. The van der Waals surface area contributed by atoms with Gasteiger partial charge in [-0.2, -0.15) is 0 Å². The van der Waals surface area contributed by atoms with Gasteiger partial charge in [-0.15, -0.1) is 11.8 Å². The van der Waals surface area contributed by atoms with Crippen LogP contribution in [0.1, 0.15) is 6.42 Å². The van der Waals surface area contributed by atoms with Crippen molar-refractivity contribution in [3.8, 4) is 0 Å². The molecule has 0 aromatic heterocycles. The number of benzene rings is 1. The molecule has 0 bridgehead atoms. The van der Waals surface area contributed by atoms with Gasteiger partial charge in [-0.05, 0) is 18.2 Å². The minimum atomic E-state index is -3.65. The van der Waals surface area contributed by atoms with Gasteiger partial charge in [0, 0.05) is 4.90 Å². The lowest BCUT2D eigenvalue weighted by molar-refractivity contribution is -0.136. The number of aliphatic carboxylic acids is 1. The molecule has 1 aliphatic rings. The van der Waals surface area contributed by atoms with Crippen molar-refractivity contribution >= 4 is 39.2 Å². The summed E-state index contributed by atoms with van der Waals surface area (Å²) in [6.45, 7) is 0. The van der Waals surface area contributed by atoms with Gasteiger partial charge in [-0.25, -0.2) is 8.42 Å². The molecule has 1 aromatic rings. The van der Waals surface area contributed by atoms with E-state index in [4.69, 9.17) is 5.11 Å². The SMILES string of the molecule is O=C(O)CCS(=O)(=O)c1ccc2c(c1)NC(=O)CS2. The van der Waals surface area contributed by atoms with E-state index >= 15 is 0 Å². The summed E-state index contributed by atoms with van der Waals surface area (Å²) >= 11 is 1.33. The third-order valence-corrected chi connectivity index (χ3v) is 5.31. The van der Waals surface area contributed by atoms with Crippen LogP contribution in [0.15, 0.2) is 28.0 Å². The predicted molar refractivity (Wildman–Crippen MR) is 70.1 cm³/mol. The number of sulfone groups is 1. The first-order chi connectivity index (χ1) is 8.88. The van der Waals surface area contributed by atoms with Crippen LogP contribution in [0.5, 0.6) is 0 Å². The number of fused-ring (bicyclic) bond motifs is 1. The monoisotopic (exact) mass is 301 g/mol. The van der Waals surface area contributed by atoms with Gasteiger partial charge in [0.2, 0.25) is 5.91 Å². The highest BCUT2D eigenvalue weighted by Crippen LogP contribution is 2.33. The lowest BCUT2D eigenvalue weighted by atomic mass is 10.3. The maximum Gasteiger partial charge on any atom is 0.304 e. The first kappa shape index (κ1) is 13.9. The highest BCUT2D eigenvalue weighted by molar-refractivity contribution is 8.00. The third-order valence-electron chi connectivity index (χ3n) is 2.53. The van der Waals surface area contributed by atoms with Crippen molar-refractivity contribution in [3.63, 3.8) is 0 Å². The number of carbonyl (C=O) groups is 2. The van der Waals surface area contributed by atoms with Gasteiger partial charge in [0.1, 0.15) is 0 Å². The summed E-state index contributed by atoms with van der Waals surface area (Å²) in [6.07, 6.45) is -0.444. The maximum atomic E-state index is 11.9. The fraction of sp³-hybridized carbons (Fsp3) is 0.273. The van der Waals surface area contributed by atoms with E-state index in [0.717, 1.165) is 4.90 Å². The normalized spacial score (nSPS) is 14.6. The standard InChI is InChI=1S/C11H11NO5S2/c13-10-6-18-9-2-1-7(5-8(9)12-10)19(16,17)4-3-11(14)15/h1-2,5H,3-4,6H2,(H,12,13)(H,14,15). The Labute approximate surface area is 114 Å². The minimum absolute atomic E-state index is 0.0234. The fourth-order valence-electron chi connectivity index (χ4n) is 1.60. The van der Waals surface area contributed by atoms with Gasteiger partial charge in [0.25, 0.3) is 0 Å². The number of nitrogens with one attached hydrogen (secondary N) is 1. The summed E-state index contributed by atoms with van der Waals surface area (Å²) in [5, 5.41) is 11.1. The highest BCUT2D eigenvalue weighted by atomic mass is 32.2. The summed E-state index contributed by atoms with van der Waals surface area (Å²) in [5.41, 5.74) is 0.456. The van der Waals surface area contributed by atoms with Crippen LogP contribution in [0.2, 0.25) is 0 Å². The van der Waals surface area contributed by atoms with Crippen LogP contribution in [0.4, 0.5) is 5.69 Å². The zero-order valence-corrected chi connectivity index (χ0v) is 11.4. The van der Waals surface area contributed by atoms with E-state index in [1.165, 1.54) is 23.9 Å². The van der Waals surface area contributed by atoms with E-state index in [1.54, 1.807) is 6.07 Å². The van der Waals surface area contributed by atoms with Crippen LogP contribution in [-0.2, 0) is 19.4 Å². The molecule has 0 atom stereocenters. The molecule has 8 heteroatoms. The number of hydrogen-bond donors (Lipinski definition) is 2. The molecule has 0 spiro atoms. The minimum Gasteiger partial charge on any atom is -0.481 e. The number of carboxylic acids is 1. The molecule has 0 fully saturated rings. The lowest BCUT2D eigenvalue weighted by Crippen LogP contribution is -2.19. The number of hydrogen-bond acceptors (Lipinski definition) is 5. The second-order valence-electron chi connectivity index (χ2n) is 3.96.